The molecule has 68 valence electrons. The van der Waals surface area contributed by atoms with Gasteiger partial charge >= 0.3 is 30.0 Å². The number of benzene rings is 1. The van der Waals surface area contributed by atoms with Crippen molar-refractivity contribution in [3.8, 4) is 5.75 Å². The van der Waals surface area contributed by atoms with Gasteiger partial charge in [-0.2, -0.15) is 18.2 Å². The van der Waals surface area contributed by atoms with Crippen LogP contribution in [0, 0.1) is 6.07 Å². The number of ether oxygens (including phenoxy) is 1. The Morgan fingerprint density at radius 3 is 2.08 bits per heavy atom. The second kappa shape index (κ2) is 6.56. The Bertz CT molecular complexity index is 218. The first-order valence-corrected chi connectivity index (χ1v) is 10.9. The van der Waals surface area contributed by atoms with E-state index in [9.17, 15) is 0 Å². The van der Waals surface area contributed by atoms with Crippen LogP contribution in [0.25, 0.3) is 0 Å². The average Bonchev–Trinajstić information content (AvgIpc) is 2.07. The van der Waals surface area contributed by atoms with Crippen molar-refractivity contribution in [2.75, 3.05) is 0 Å². The van der Waals surface area contributed by atoms with Gasteiger partial charge < -0.3 is 4.74 Å². The zero-order valence-electron chi connectivity index (χ0n) is 8.30. The Labute approximate surface area is 96.9 Å². The predicted molar refractivity (Wildman–Crippen MR) is 54.6 cm³/mol. The standard InChI is InChI=1S/C10H13O.BrH.Zn/c1-10(2,3)11-9-7-5-4-6-8-9;;/h5-8H,1-3H3;1H;/q-1;;+2/p-1. The van der Waals surface area contributed by atoms with Gasteiger partial charge in [-0.25, -0.2) is 0 Å². The molecule has 0 aliphatic carbocycles. The van der Waals surface area contributed by atoms with Crippen molar-refractivity contribution < 1.29 is 21.1 Å². The van der Waals surface area contributed by atoms with Crippen LogP contribution in [0.3, 0.4) is 0 Å². The van der Waals surface area contributed by atoms with Gasteiger partial charge in [-0.1, -0.05) is 0 Å². The number of hydrogen-bond donors (Lipinski definition) is 0. The van der Waals surface area contributed by atoms with E-state index in [4.69, 9.17) is 4.74 Å². The summed E-state index contributed by atoms with van der Waals surface area (Å²) in [6, 6.07) is 10.5. The summed E-state index contributed by atoms with van der Waals surface area (Å²) >= 11 is 4.25. The summed E-state index contributed by atoms with van der Waals surface area (Å²) < 4.78 is 5.58. The minimum atomic E-state index is -0.110. The summed E-state index contributed by atoms with van der Waals surface area (Å²) in [4.78, 5) is 0. The first-order valence-electron chi connectivity index (χ1n) is 4.00. The maximum absolute atomic E-state index is 5.58. The molecule has 0 atom stereocenters. The molecule has 0 heterocycles. The van der Waals surface area contributed by atoms with Crippen LogP contribution in [0.2, 0.25) is 0 Å². The second-order valence-corrected chi connectivity index (χ2v) is 3.45. The molecule has 3 heteroatoms. The van der Waals surface area contributed by atoms with Crippen molar-refractivity contribution in [3.63, 3.8) is 0 Å². The Kier molecular flexibility index (Phi) is 6.62. The van der Waals surface area contributed by atoms with Crippen LogP contribution < -0.4 is 4.74 Å². The van der Waals surface area contributed by atoms with E-state index in [2.05, 4.69) is 19.7 Å². The molecule has 1 rings (SSSR count). The molecule has 0 saturated carbocycles. The van der Waals surface area contributed by atoms with E-state index < -0.39 is 0 Å². The van der Waals surface area contributed by atoms with Crippen molar-refractivity contribution in [1.82, 2.24) is 0 Å². The third-order valence-electron chi connectivity index (χ3n) is 1.11. The number of hydrogen-bond acceptors (Lipinski definition) is 1. The molecule has 0 fully saturated rings. The molecule has 0 unspecified atom stereocenters. The minimum absolute atomic E-state index is 0.110. The quantitative estimate of drug-likeness (QED) is 0.569. The summed E-state index contributed by atoms with van der Waals surface area (Å²) in [6.45, 7) is 6.09. The molecule has 1 aromatic rings. The molecule has 0 amide bonds. The second-order valence-electron chi connectivity index (χ2n) is 3.45. The number of halogens is 1. The molecular weight excluding hydrogens is 281 g/mol. The van der Waals surface area contributed by atoms with Crippen molar-refractivity contribution in [1.29, 1.82) is 0 Å². The van der Waals surface area contributed by atoms with E-state index in [0.29, 0.717) is 0 Å². The molecule has 0 saturated heterocycles. The summed E-state index contributed by atoms with van der Waals surface area (Å²) in [5.41, 5.74) is -0.110. The molecule has 0 bridgehead atoms. The first kappa shape index (κ1) is 13.1. The van der Waals surface area contributed by atoms with Crippen LogP contribution in [-0.4, -0.2) is 5.60 Å². The van der Waals surface area contributed by atoms with Crippen molar-refractivity contribution in [3.05, 3.63) is 30.3 Å². The molecule has 0 aliphatic rings. The Morgan fingerprint density at radius 2 is 1.69 bits per heavy atom. The zero-order chi connectivity index (χ0) is 10.3. The van der Waals surface area contributed by atoms with E-state index in [0.717, 1.165) is 5.75 Å². The molecule has 0 N–H and O–H groups in total. The van der Waals surface area contributed by atoms with Gasteiger partial charge in [0.2, 0.25) is 0 Å². The van der Waals surface area contributed by atoms with Gasteiger partial charge in [-0.15, -0.1) is 12.1 Å². The van der Waals surface area contributed by atoms with Crippen LogP contribution in [0.4, 0.5) is 0 Å². The van der Waals surface area contributed by atoms with Gasteiger partial charge in [0.1, 0.15) is 0 Å². The van der Waals surface area contributed by atoms with Gasteiger partial charge in [0, 0.05) is 5.75 Å². The van der Waals surface area contributed by atoms with Gasteiger partial charge in [0.05, 0.1) is 5.60 Å². The monoisotopic (exact) mass is 292 g/mol. The average molecular weight is 295 g/mol. The fourth-order valence-electron chi connectivity index (χ4n) is 0.793. The van der Waals surface area contributed by atoms with E-state index in [1.807, 2.05) is 45.0 Å². The van der Waals surface area contributed by atoms with Crippen molar-refractivity contribution >= 4 is 13.6 Å². The Morgan fingerprint density at radius 1 is 1.23 bits per heavy atom. The molecule has 13 heavy (non-hydrogen) atoms. The molecular formula is C10H13BrOZn. The molecule has 1 aromatic carbocycles. The van der Waals surface area contributed by atoms with Crippen LogP contribution in [0.15, 0.2) is 24.3 Å². The third-order valence-corrected chi connectivity index (χ3v) is 1.11. The molecule has 0 spiro atoms. The van der Waals surface area contributed by atoms with Crippen molar-refractivity contribution in [2.45, 2.75) is 26.4 Å². The molecule has 0 aliphatic heterocycles. The first-order chi connectivity index (χ1) is 6.08. The SMILES string of the molecule is CC(C)(C)Oc1cc[c-]cc1.[Zn+][Br]. The Balaban J connectivity index is 0.000000671. The predicted octanol–water partition coefficient (Wildman–Crippen LogP) is 3.51. The van der Waals surface area contributed by atoms with Gasteiger partial charge in [-0.05, 0) is 20.8 Å². The van der Waals surface area contributed by atoms with Crippen molar-refractivity contribution in [2.24, 2.45) is 0 Å². The summed E-state index contributed by atoms with van der Waals surface area (Å²) in [7, 11) is 0. The van der Waals surface area contributed by atoms with Gasteiger partial charge in [-0.3, -0.25) is 0 Å². The van der Waals surface area contributed by atoms with Crippen LogP contribution in [0.5, 0.6) is 5.75 Å². The Hall–Kier alpha value is 0.123. The van der Waals surface area contributed by atoms with Crippen LogP contribution in [-0.2, 0) is 16.3 Å². The van der Waals surface area contributed by atoms with Gasteiger partial charge in [0.15, 0.2) is 0 Å². The summed E-state index contributed by atoms with van der Waals surface area (Å²) in [5, 5.41) is 0. The molecule has 0 radical (unpaired) electrons. The summed E-state index contributed by atoms with van der Waals surface area (Å²) in [5.74, 6) is 0.899. The summed E-state index contributed by atoms with van der Waals surface area (Å²) in [6.07, 6.45) is 0. The fourth-order valence-corrected chi connectivity index (χ4v) is 0.793. The van der Waals surface area contributed by atoms with E-state index in [1.165, 1.54) is 16.3 Å². The maximum atomic E-state index is 5.58. The van der Waals surface area contributed by atoms with Crippen LogP contribution >= 0.6 is 13.6 Å². The normalized spacial score (nSPS) is 10.0. The molecule has 0 aromatic heterocycles. The van der Waals surface area contributed by atoms with E-state index in [1.54, 1.807) is 0 Å². The fraction of sp³-hybridized carbons (Fsp3) is 0.400. The zero-order valence-corrected chi connectivity index (χ0v) is 12.9. The van der Waals surface area contributed by atoms with E-state index >= 15 is 0 Å². The van der Waals surface area contributed by atoms with E-state index in [-0.39, 0.29) is 5.60 Å². The van der Waals surface area contributed by atoms with Crippen LogP contribution in [0.1, 0.15) is 20.8 Å². The third kappa shape index (κ3) is 7.21. The van der Waals surface area contributed by atoms with Gasteiger partial charge in [0.25, 0.3) is 0 Å². The topological polar surface area (TPSA) is 9.23 Å². The molecule has 1 nitrogen and oxygen atoms in total. The number of rotatable bonds is 1.